The van der Waals surface area contributed by atoms with Gasteiger partial charge in [-0.3, -0.25) is 0 Å². The number of hydrogen-bond acceptors (Lipinski definition) is 3. The van der Waals surface area contributed by atoms with Crippen LogP contribution in [0.1, 0.15) is 44.9 Å². The number of rotatable bonds is 5. The summed E-state index contributed by atoms with van der Waals surface area (Å²) in [6.07, 6.45) is 9.90. The smallest absolute Gasteiger partial charge is 0.00458 e. The Morgan fingerprint density at radius 3 is 2.26 bits per heavy atom. The molecule has 19 heavy (non-hydrogen) atoms. The molecule has 1 saturated carbocycles. The molecule has 3 heteroatoms. The summed E-state index contributed by atoms with van der Waals surface area (Å²) in [5.74, 6) is 2.01. The van der Waals surface area contributed by atoms with Gasteiger partial charge in [-0.05, 0) is 70.0 Å². The normalized spacial score (nSPS) is 25.9. The van der Waals surface area contributed by atoms with Crippen molar-refractivity contribution >= 4 is 12.6 Å². The van der Waals surface area contributed by atoms with Crippen molar-refractivity contribution in [2.75, 3.05) is 46.0 Å². The molecule has 1 aliphatic heterocycles. The summed E-state index contributed by atoms with van der Waals surface area (Å²) in [5.41, 5.74) is 0.537. The van der Waals surface area contributed by atoms with Crippen molar-refractivity contribution in [3.8, 4) is 0 Å². The van der Waals surface area contributed by atoms with Crippen LogP contribution >= 0.6 is 12.6 Å². The predicted molar refractivity (Wildman–Crippen MR) is 87.1 cm³/mol. The van der Waals surface area contributed by atoms with Gasteiger partial charge in [-0.2, -0.15) is 12.6 Å². The third-order valence-corrected chi connectivity index (χ3v) is 5.81. The largest absolute Gasteiger partial charge is 0.309 e. The van der Waals surface area contributed by atoms with Crippen molar-refractivity contribution in [2.24, 2.45) is 11.3 Å². The van der Waals surface area contributed by atoms with Crippen molar-refractivity contribution < 1.29 is 0 Å². The van der Waals surface area contributed by atoms with Crippen LogP contribution in [0.5, 0.6) is 0 Å². The summed E-state index contributed by atoms with van der Waals surface area (Å²) in [7, 11) is 4.40. The van der Waals surface area contributed by atoms with E-state index in [-0.39, 0.29) is 0 Å². The summed E-state index contributed by atoms with van der Waals surface area (Å²) in [6, 6.07) is 0. The van der Waals surface area contributed by atoms with Crippen LogP contribution in [-0.2, 0) is 0 Å². The molecule has 0 unspecified atom stereocenters. The van der Waals surface area contributed by atoms with Crippen molar-refractivity contribution in [2.45, 2.75) is 44.9 Å². The lowest BCUT2D eigenvalue weighted by atomic mass is 9.75. The molecule has 1 heterocycles. The minimum atomic E-state index is 0.537. The predicted octanol–water partition coefficient (Wildman–Crippen LogP) is 3.14. The van der Waals surface area contributed by atoms with E-state index in [4.69, 9.17) is 0 Å². The maximum absolute atomic E-state index is 4.68. The molecule has 2 fully saturated rings. The Morgan fingerprint density at radius 2 is 1.74 bits per heavy atom. The van der Waals surface area contributed by atoms with Gasteiger partial charge in [0, 0.05) is 13.1 Å². The lowest BCUT2D eigenvalue weighted by molar-refractivity contribution is 0.0893. The third kappa shape index (κ3) is 4.64. The molecule has 1 aliphatic carbocycles. The van der Waals surface area contributed by atoms with Crippen LogP contribution in [0.15, 0.2) is 0 Å². The third-order valence-electron chi connectivity index (χ3n) is 5.14. The Balaban J connectivity index is 1.77. The Kier molecular flexibility index (Phi) is 6.04. The molecule has 0 amide bonds. The molecular weight excluding hydrogens is 252 g/mol. The van der Waals surface area contributed by atoms with Crippen molar-refractivity contribution in [1.29, 1.82) is 0 Å². The summed E-state index contributed by atoms with van der Waals surface area (Å²) in [6.45, 7) is 5.21. The summed E-state index contributed by atoms with van der Waals surface area (Å²) >= 11 is 4.68. The monoisotopic (exact) mass is 284 g/mol. The number of likely N-dealkylation sites (tertiary alicyclic amines) is 1. The highest BCUT2D eigenvalue weighted by atomic mass is 32.1. The minimum absolute atomic E-state index is 0.537. The summed E-state index contributed by atoms with van der Waals surface area (Å²) < 4.78 is 0. The average Bonchev–Trinajstić information content (AvgIpc) is 2.41. The van der Waals surface area contributed by atoms with Crippen molar-refractivity contribution in [3.63, 3.8) is 0 Å². The molecular formula is C16H32N2S. The fourth-order valence-corrected chi connectivity index (χ4v) is 4.40. The van der Waals surface area contributed by atoms with E-state index < -0.39 is 0 Å². The minimum Gasteiger partial charge on any atom is -0.309 e. The highest BCUT2D eigenvalue weighted by Gasteiger charge is 2.33. The Bertz CT molecular complexity index is 253. The molecule has 0 radical (unpaired) electrons. The van der Waals surface area contributed by atoms with E-state index >= 15 is 0 Å². The molecule has 0 N–H and O–H groups in total. The SMILES string of the molecule is CN(C)CC1CCN(CC2(CS)CCCCC2)CC1. The molecule has 2 aliphatic rings. The van der Waals surface area contributed by atoms with Crippen LogP contribution in [0, 0.1) is 11.3 Å². The summed E-state index contributed by atoms with van der Waals surface area (Å²) in [5, 5.41) is 0. The van der Waals surface area contributed by atoms with Crippen LogP contribution < -0.4 is 0 Å². The Morgan fingerprint density at radius 1 is 1.11 bits per heavy atom. The second-order valence-electron chi connectivity index (χ2n) is 7.20. The lowest BCUT2D eigenvalue weighted by Gasteiger charge is -2.42. The maximum Gasteiger partial charge on any atom is 0.00458 e. The van der Waals surface area contributed by atoms with E-state index in [0.717, 1.165) is 11.7 Å². The number of piperidine rings is 1. The molecule has 0 bridgehead atoms. The van der Waals surface area contributed by atoms with E-state index in [1.807, 2.05) is 0 Å². The first-order chi connectivity index (χ1) is 9.13. The summed E-state index contributed by atoms with van der Waals surface area (Å²) in [4.78, 5) is 5.07. The Labute approximate surface area is 125 Å². The van der Waals surface area contributed by atoms with Gasteiger partial charge in [-0.1, -0.05) is 19.3 Å². The van der Waals surface area contributed by atoms with E-state index in [0.29, 0.717) is 5.41 Å². The topological polar surface area (TPSA) is 6.48 Å². The van der Waals surface area contributed by atoms with Gasteiger partial charge in [0.15, 0.2) is 0 Å². The van der Waals surface area contributed by atoms with Gasteiger partial charge in [0.25, 0.3) is 0 Å². The van der Waals surface area contributed by atoms with Gasteiger partial charge in [0.05, 0.1) is 0 Å². The molecule has 112 valence electrons. The van der Waals surface area contributed by atoms with Crippen molar-refractivity contribution in [3.05, 3.63) is 0 Å². The zero-order valence-corrected chi connectivity index (χ0v) is 13.8. The maximum atomic E-state index is 4.68. The quantitative estimate of drug-likeness (QED) is 0.775. The van der Waals surface area contributed by atoms with Crippen LogP contribution in [-0.4, -0.2) is 55.8 Å². The molecule has 0 atom stereocenters. The lowest BCUT2D eigenvalue weighted by Crippen LogP contribution is -2.45. The number of nitrogens with zero attached hydrogens (tertiary/aromatic N) is 2. The average molecular weight is 285 g/mol. The second-order valence-corrected chi connectivity index (χ2v) is 7.52. The van der Waals surface area contributed by atoms with Crippen LogP contribution in [0.4, 0.5) is 0 Å². The van der Waals surface area contributed by atoms with E-state index in [1.54, 1.807) is 0 Å². The molecule has 2 nitrogen and oxygen atoms in total. The molecule has 1 saturated heterocycles. The highest BCUT2D eigenvalue weighted by molar-refractivity contribution is 7.80. The van der Waals surface area contributed by atoms with Crippen LogP contribution in [0.2, 0.25) is 0 Å². The van der Waals surface area contributed by atoms with Gasteiger partial charge >= 0.3 is 0 Å². The molecule has 0 aromatic rings. The zero-order chi connectivity index (χ0) is 13.7. The molecule has 0 spiro atoms. The molecule has 0 aromatic carbocycles. The van der Waals surface area contributed by atoms with Gasteiger partial charge < -0.3 is 9.80 Å². The van der Waals surface area contributed by atoms with E-state index in [1.165, 1.54) is 71.1 Å². The second kappa shape index (κ2) is 7.33. The van der Waals surface area contributed by atoms with Gasteiger partial charge in [-0.25, -0.2) is 0 Å². The van der Waals surface area contributed by atoms with E-state index in [2.05, 4.69) is 36.5 Å². The molecule has 2 rings (SSSR count). The first-order valence-electron chi connectivity index (χ1n) is 8.11. The molecule has 0 aromatic heterocycles. The fourth-order valence-electron chi connectivity index (χ4n) is 3.99. The Hall–Kier alpha value is 0.270. The number of hydrogen-bond donors (Lipinski definition) is 1. The van der Waals surface area contributed by atoms with E-state index in [9.17, 15) is 0 Å². The van der Waals surface area contributed by atoms with Gasteiger partial charge in [-0.15, -0.1) is 0 Å². The zero-order valence-electron chi connectivity index (χ0n) is 12.9. The van der Waals surface area contributed by atoms with Gasteiger partial charge in [0.2, 0.25) is 0 Å². The first kappa shape index (κ1) is 15.7. The first-order valence-corrected chi connectivity index (χ1v) is 8.75. The van der Waals surface area contributed by atoms with Crippen LogP contribution in [0.25, 0.3) is 0 Å². The van der Waals surface area contributed by atoms with Crippen LogP contribution in [0.3, 0.4) is 0 Å². The fraction of sp³-hybridized carbons (Fsp3) is 1.00. The van der Waals surface area contributed by atoms with Gasteiger partial charge in [0.1, 0.15) is 0 Å². The standard InChI is InChI=1S/C16H32N2S/c1-17(2)12-15-6-10-18(11-7-15)13-16(14-19)8-4-3-5-9-16/h15,19H,3-14H2,1-2H3. The highest BCUT2D eigenvalue weighted by Crippen LogP contribution is 2.38. The van der Waals surface area contributed by atoms with Crippen molar-refractivity contribution in [1.82, 2.24) is 9.80 Å². The number of thiol groups is 1.